The summed E-state index contributed by atoms with van der Waals surface area (Å²) in [6, 6.07) is 22.0. The van der Waals surface area contributed by atoms with Gasteiger partial charge >= 0.3 is 5.97 Å². The highest BCUT2D eigenvalue weighted by atomic mass is 127. The van der Waals surface area contributed by atoms with Gasteiger partial charge in [0.15, 0.2) is 0 Å². The van der Waals surface area contributed by atoms with Gasteiger partial charge in [0.1, 0.15) is 5.75 Å². The molecule has 0 spiro atoms. The van der Waals surface area contributed by atoms with Crippen LogP contribution in [0.3, 0.4) is 0 Å². The molecule has 30 heavy (non-hydrogen) atoms. The number of nitrogens with zero attached hydrogens (tertiary/aromatic N) is 1. The number of carbonyl (C=O) groups is 1. The molecule has 2 aromatic carbocycles. The number of rotatable bonds is 7. The number of methoxy groups -OCH3 is 1. The molecule has 0 aliphatic heterocycles. The van der Waals surface area contributed by atoms with Crippen LogP contribution in [0.5, 0.6) is 5.75 Å². The standard InChI is InChI=1S/C25H26INO3/c1-17(2)25(3,18-8-12-20(26)13-9-18)19-10-14-21(15-11-19)30-23(24(28)29-4)22-7-5-6-16-27-22/h5-17,23H,1-4H3/t23-,25+/m1/s1. The first kappa shape index (κ1) is 22.3. The van der Waals surface area contributed by atoms with Gasteiger partial charge in [0.2, 0.25) is 6.10 Å². The first-order valence-corrected chi connectivity index (χ1v) is 11.0. The number of carbonyl (C=O) groups excluding carboxylic acids is 1. The third-order valence-corrected chi connectivity index (χ3v) is 6.40. The van der Waals surface area contributed by atoms with Crippen molar-refractivity contribution in [3.05, 3.63) is 93.3 Å². The van der Waals surface area contributed by atoms with Gasteiger partial charge in [-0.15, -0.1) is 0 Å². The summed E-state index contributed by atoms with van der Waals surface area (Å²) in [4.78, 5) is 16.5. The number of halogens is 1. The molecule has 1 aromatic heterocycles. The first-order chi connectivity index (χ1) is 14.4. The Morgan fingerprint density at radius 3 is 2.07 bits per heavy atom. The van der Waals surface area contributed by atoms with Crippen molar-refractivity contribution in [2.45, 2.75) is 32.3 Å². The molecule has 0 amide bonds. The quantitative estimate of drug-likeness (QED) is 0.289. The second kappa shape index (κ2) is 9.60. The molecule has 0 saturated heterocycles. The second-order valence-electron chi connectivity index (χ2n) is 7.66. The zero-order chi connectivity index (χ0) is 21.7. The monoisotopic (exact) mass is 515 g/mol. The summed E-state index contributed by atoms with van der Waals surface area (Å²) in [5, 5.41) is 0. The van der Waals surface area contributed by atoms with Crippen LogP contribution in [0.1, 0.15) is 43.7 Å². The lowest BCUT2D eigenvalue weighted by molar-refractivity contribution is -0.149. The normalized spacial score (nSPS) is 14.1. The number of hydrogen-bond acceptors (Lipinski definition) is 4. The molecule has 0 bridgehead atoms. The summed E-state index contributed by atoms with van der Waals surface area (Å²) >= 11 is 2.33. The molecule has 1 heterocycles. The fraction of sp³-hybridized carbons (Fsp3) is 0.280. The Morgan fingerprint density at radius 2 is 1.57 bits per heavy atom. The van der Waals surface area contributed by atoms with Crippen LogP contribution in [0.15, 0.2) is 72.9 Å². The van der Waals surface area contributed by atoms with Gasteiger partial charge in [0.05, 0.1) is 12.8 Å². The van der Waals surface area contributed by atoms with Gasteiger partial charge in [0.25, 0.3) is 0 Å². The van der Waals surface area contributed by atoms with Crippen LogP contribution in [0.25, 0.3) is 0 Å². The van der Waals surface area contributed by atoms with E-state index >= 15 is 0 Å². The molecule has 0 unspecified atom stereocenters. The topological polar surface area (TPSA) is 48.4 Å². The molecule has 0 saturated carbocycles. The minimum Gasteiger partial charge on any atom is -0.472 e. The Bertz CT molecular complexity index is 972. The summed E-state index contributed by atoms with van der Waals surface area (Å²) in [5.41, 5.74) is 2.83. The first-order valence-electron chi connectivity index (χ1n) is 9.88. The van der Waals surface area contributed by atoms with E-state index < -0.39 is 12.1 Å². The lowest BCUT2D eigenvalue weighted by Gasteiger charge is -2.35. The van der Waals surface area contributed by atoms with Crippen LogP contribution in [0, 0.1) is 9.49 Å². The van der Waals surface area contributed by atoms with Crippen molar-refractivity contribution in [3.63, 3.8) is 0 Å². The zero-order valence-electron chi connectivity index (χ0n) is 17.6. The average Bonchev–Trinajstić information content (AvgIpc) is 2.77. The molecule has 156 valence electrons. The molecular formula is C25H26INO3. The van der Waals surface area contributed by atoms with E-state index in [1.54, 1.807) is 18.3 Å². The molecule has 3 rings (SSSR count). The maximum atomic E-state index is 12.3. The fourth-order valence-electron chi connectivity index (χ4n) is 3.51. The third kappa shape index (κ3) is 4.67. The minimum atomic E-state index is -0.908. The highest BCUT2D eigenvalue weighted by molar-refractivity contribution is 14.1. The molecule has 3 aromatic rings. The fourth-order valence-corrected chi connectivity index (χ4v) is 3.87. The number of ether oxygens (including phenoxy) is 2. The van der Waals surface area contributed by atoms with Crippen LogP contribution >= 0.6 is 22.6 Å². The van der Waals surface area contributed by atoms with Crippen LogP contribution < -0.4 is 4.74 Å². The van der Waals surface area contributed by atoms with Crippen LogP contribution in [-0.4, -0.2) is 18.1 Å². The predicted octanol–water partition coefficient (Wildman–Crippen LogP) is 5.94. The summed E-state index contributed by atoms with van der Waals surface area (Å²) in [6.45, 7) is 6.73. The summed E-state index contributed by atoms with van der Waals surface area (Å²) in [5.74, 6) is 0.498. The van der Waals surface area contributed by atoms with Crippen LogP contribution in [0.4, 0.5) is 0 Å². The van der Waals surface area contributed by atoms with Crippen molar-refractivity contribution in [2.75, 3.05) is 7.11 Å². The van der Waals surface area contributed by atoms with Crippen molar-refractivity contribution in [3.8, 4) is 5.75 Å². The number of benzene rings is 2. The maximum Gasteiger partial charge on any atom is 0.353 e. The SMILES string of the molecule is COC(=O)[C@H](Oc1ccc([C@](C)(c2ccc(I)cc2)C(C)C)cc1)c1ccccn1. The Labute approximate surface area is 191 Å². The van der Waals surface area contributed by atoms with Crippen LogP contribution in [0.2, 0.25) is 0 Å². The Balaban J connectivity index is 1.90. The van der Waals surface area contributed by atoms with Gasteiger partial charge in [-0.05, 0) is 76.0 Å². The van der Waals surface area contributed by atoms with E-state index in [2.05, 4.69) is 84.7 Å². The van der Waals surface area contributed by atoms with Gasteiger partial charge in [-0.2, -0.15) is 0 Å². The van der Waals surface area contributed by atoms with Crippen molar-refractivity contribution in [2.24, 2.45) is 5.92 Å². The predicted molar refractivity (Wildman–Crippen MR) is 127 cm³/mol. The Kier molecular flexibility index (Phi) is 7.13. The minimum absolute atomic E-state index is 0.147. The Hall–Kier alpha value is -2.41. The maximum absolute atomic E-state index is 12.3. The van der Waals surface area contributed by atoms with Gasteiger partial charge in [0, 0.05) is 15.2 Å². The number of hydrogen-bond donors (Lipinski definition) is 0. The highest BCUT2D eigenvalue weighted by Gasteiger charge is 2.33. The number of esters is 1. The van der Waals surface area contributed by atoms with E-state index in [0.717, 1.165) is 0 Å². The molecule has 2 atom stereocenters. The van der Waals surface area contributed by atoms with Gasteiger partial charge in [-0.1, -0.05) is 51.1 Å². The summed E-state index contributed by atoms with van der Waals surface area (Å²) in [7, 11) is 1.35. The molecule has 4 nitrogen and oxygen atoms in total. The molecule has 0 aliphatic carbocycles. The lowest BCUT2D eigenvalue weighted by atomic mass is 9.68. The van der Waals surface area contributed by atoms with E-state index in [0.29, 0.717) is 17.4 Å². The molecule has 0 aliphatic rings. The molecular weight excluding hydrogens is 489 g/mol. The number of pyridine rings is 1. The second-order valence-corrected chi connectivity index (χ2v) is 8.91. The van der Waals surface area contributed by atoms with Crippen molar-refractivity contribution in [1.82, 2.24) is 4.98 Å². The van der Waals surface area contributed by atoms with Gasteiger partial charge < -0.3 is 9.47 Å². The largest absolute Gasteiger partial charge is 0.472 e. The summed E-state index contributed by atoms with van der Waals surface area (Å²) < 4.78 is 12.1. The van der Waals surface area contributed by atoms with Crippen LogP contribution in [-0.2, 0) is 14.9 Å². The van der Waals surface area contributed by atoms with E-state index in [4.69, 9.17) is 9.47 Å². The van der Waals surface area contributed by atoms with E-state index in [-0.39, 0.29) is 5.41 Å². The Morgan fingerprint density at radius 1 is 0.967 bits per heavy atom. The van der Waals surface area contributed by atoms with E-state index in [1.807, 2.05) is 18.2 Å². The van der Waals surface area contributed by atoms with Crippen molar-refractivity contribution >= 4 is 28.6 Å². The number of aromatic nitrogens is 1. The summed E-state index contributed by atoms with van der Waals surface area (Å²) in [6.07, 6.45) is 0.724. The molecule has 0 N–H and O–H groups in total. The molecule has 0 radical (unpaired) electrons. The molecule has 5 heteroatoms. The lowest BCUT2D eigenvalue weighted by Crippen LogP contribution is -2.30. The smallest absolute Gasteiger partial charge is 0.353 e. The van der Waals surface area contributed by atoms with Gasteiger partial charge in [-0.3, -0.25) is 4.98 Å². The zero-order valence-corrected chi connectivity index (χ0v) is 19.8. The van der Waals surface area contributed by atoms with Gasteiger partial charge in [-0.25, -0.2) is 4.79 Å². The highest BCUT2D eigenvalue weighted by Crippen LogP contribution is 2.39. The van der Waals surface area contributed by atoms with E-state index in [9.17, 15) is 4.79 Å². The molecule has 0 fully saturated rings. The average molecular weight is 515 g/mol. The van der Waals surface area contributed by atoms with Crippen molar-refractivity contribution < 1.29 is 14.3 Å². The van der Waals surface area contributed by atoms with Crippen molar-refractivity contribution in [1.29, 1.82) is 0 Å². The van der Waals surface area contributed by atoms with E-state index in [1.165, 1.54) is 21.8 Å². The third-order valence-electron chi connectivity index (χ3n) is 5.68.